The first-order chi connectivity index (χ1) is 15.1. The van der Waals surface area contributed by atoms with E-state index < -0.39 is 0 Å². The number of rotatable bonds is 5. The molecule has 3 aromatic rings. The summed E-state index contributed by atoms with van der Waals surface area (Å²) < 4.78 is 19.0. The van der Waals surface area contributed by atoms with E-state index in [-0.39, 0.29) is 23.7 Å². The van der Waals surface area contributed by atoms with Crippen molar-refractivity contribution in [3.63, 3.8) is 0 Å². The van der Waals surface area contributed by atoms with E-state index in [1.807, 2.05) is 89.2 Å². The van der Waals surface area contributed by atoms with Crippen LogP contribution in [0.2, 0.25) is 0 Å². The lowest BCUT2D eigenvalue weighted by molar-refractivity contribution is -0.129. The van der Waals surface area contributed by atoms with Crippen molar-refractivity contribution < 1.29 is 13.9 Å². The summed E-state index contributed by atoms with van der Waals surface area (Å²) in [7, 11) is 0. The molecule has 0 spiro atoms. The Balaban J connectivity index is 0.000000807. The molecule has 0 radical (unpaired) electrons. The van der Waals surface area contributed by atoms with Crippen molar-refractivity contribution in [1.29, 1.82) is 0 Å². The van der Waals surface area contributed by atoms with Gasteiger partial charge in [0.05, 0.1) is 12.0 Å². The lowest BCUT2D eigenvalue weighted by Crippen LogP contribution is -2.54. The Morgan fingerprint density at radius 1 is 0.839 bits per heavy atom. The van der Waals surface area contributed by atoms with E-state index in [0.717, 1.165) is 16.9 Å². The Hall–Kier alpha value is -3.14. The van der Waals surface area contributed by atoms with Gasteiger partial charge in [0.1, 0.15) is 18.2 Å². The number of hydrogen-bond donors (Lipinski definition) is 0. The number of carbonyl (C=O) groups is 1. The normalized spacial score (nSPS) is 16.8. The summed E-state index contributed by atoms with van der Waals surface area (Å²) in [4.78, 5) is 14.1. The fraction of sp³-hybridized carbons (Fsp3) is 0.296. The highest BCUT2D eigenvalue weighted by atomic mass is 19.1. The van der Waals surface area contributed by atoms with Crippen LogP contribution in [0, 0.1) is 11.7 Å². The topological polar surface area (TPSA) is 29.5 Å². The molecule has 1 saturated heterocycles. The first-order valence-electron chi connectivity index (χ1n) is 11.0. The summed E-state index contributed by atoms with van der Waals surface area (Å²) in [5, 5.41) is 0. The third kappa shape index (κ3) is 5.72. The molecule has 3 aromatic carbocycles. The van der Waals surface area contributed by atoms with Crippen LogP contribution in [-0.4, -0.2) is 5.91 Å². The summed E-state index contributed by atoms with van der Waals surface area (Å²) in [6.45, 7) is 10.4. The van der Waals surface area contributed by atoms with Gasteiger partial charge in [0, 0.05) is 5.69 Å². The van der Waals surface area contributed by atoms with Crippen molar-refractivity contribution in [2.45, 2.75) is 47.3 Å². The van der Waals surface area contributed by atoms with Crippen molar-refractivity contribution in [3.05, 3.63) is 95.8 Å². The van der Waals surface area contributed by atoms with Gasteiger partial charge in [-0.25, -0.2) is 4.39 Å². The fourth-order valence-electron chi connectivity index (χ4n) is 3.46. The number of carbonyl (C=O) groups excluding carboxylic acids is 1. The molecular weight excluding hydrogens is 389 g/mol. The van der Waals surface area contributed by atoms with Gasteiger partial charge >= 0.3 is 0 Å². The Morgan fingerprint density at radius 3 is 2.00 bits per heavy atom. The number of β-lactam (4-membered cyclic amide) rings is 1. The molecule has 31 heavy (non-hydrogen) atoms. The summed E-state index contributed by atoms with van der Waals surface area (Å²) >= 11 is 0. The molecule has 4 rings (SSSR count). The molecule has 0 bridgehead atoms. The number of benzene rings is 3. The number of hydrogen-bond acceptors (Lipinski definition) is 2. The molecule has 1 amide bonds. The molecule has 0 saturated carbocycles. The van der Waals surface area contributed by atoms with Crippen LogP contribution in [-0.2, 0) is 11.4 Å². The van der Waals surface area contributed by atoms with Gasteiger partial charge in [-0.2, -0.15) is 0 Å². The SMILES string of the molecule is CC.CC.C[C@H]1C(=O)N(c2ccc(F)cc2)[C@@H]1c1ccc(OCc2ccccc2)cc1. The van der Waals surface area contributed by atoms with Gasteiger partial charge in [-0.1, -0.05) is 77.1 Å². The average molecular weight is 422 g/mol. The third-order valence-electron chi connectivity index (χ3n) is 4.95. The van der Waals surface area contributed by atoms with Crippen LogP contribution in [0.1, 0.15) is 51.8 Å². The Morgan fingerprint density at radius 2 is 1.42 bits per heavy atom. The fourth-order valence-corrected chi connectivity index (χ4v) is 3.46. The van der Waals surface area contributed by atoms with Crippen molar-refractivity contribution in [1.82, 2.24) is 0 Å². The van der Waals surface area contributed by atoms with Gasteiger partial charge < -0.3 is 9.64 Å². The summed E-state index contributed by atoms with van der Waals surface area (Å²) in [5.74, 6) is 0.424. The van der Waals surface area contributed by atoms with E-state index in [9.17, 15) is 9.18 Å². The maximum absolute atomic E-state index is 13.2. The molecule has 2 atom stereocenters. The molecule has 1 heterocycles. The van der Waals surface area contributed by atoms with E-state index in [4.69, 9.17) is 4.74 Å². The zero-order valence-corrected chi connectivity index (χ0v) is 19.0. The van der Waals surface area contributed by atoms with Gasteiger partial charge in [0.15, 0.2) is 0 Å². The molecule has 4 heteroatoms. The van der Waals surface area contributed by atoms with Crippen LogP contribution in [0.3, 0.4) is 0 Å². The molecule has 3 nitrogen and oxygen atoms in total. The van der Waals surface area contributed by atoms with Crippen molar-refractivity contribution in [2.24, 2.45) is 5.92 Å². The molecule has 1 fully saturated rings. The zero-order chi connectivity index (χ0) is 22.8. The van der Waals surface area contributed by atoms with Gasteiger partial charge in [0.2, 0.25) is 5.91 Å². The second kappa shape index (κ2) is 11.9. The van der Waals surface area contributed by atoms with E-state index in [1.54, 1.807) is 17.0 Å². The first-order valence-corrected chi connectivity index (χ1v) is 11.0. The maximum atomic E-state index is 13.2. The van der Waals surface area contributed by atoms with Crippen LogP contribution in [0.4, 0.5) is 10.1 Å². The molecule has 164 valence electrons. The van der Waals surface area contributed by atoms with E-state index in [2.05, 4.69) is 0 Å². The standard InChI is InChI=1S/C23H20FNO2.2C2H6/c1-16-22(25(23(16)26)20-11-9-19(24)10-12-20)18-7-13-21(14-8-18)27-15-17-5-3-2-4-6-17;2*1-2/h2-14,16,22H,15H2,1H3;2*1-2H3/t16-,22+;;/m1../s1. The highest BCUT2D eigenvalue weighted by Gasteiger charge is 2.45. The third-order valence-corrected chi connectivity index (χ3v) is 4.95. The molecule has 0 aromatic heterocycles. The van der Waals surface area contributed by atoms with Crippen LogP contribution in [0.15, 0.2) is 78.9 Å². The second-order valence-corrected chi connectivity index (χ2v) is 6.76. The monoisotopic (exact) mass is 421 g/mol. The summed E-state index contributed by atoms with van der Waals surface area (Å²) in [6.07, 6.45) is 0. The van der Waals surface area contributed by atoms with Crippen molar-refractivity contribution in [3.8, 4) is 5.75 Å². The average Bonchev–Trinajstić information content (AvgIpc) is 2.85. The molecule has 0 aliphatic carbocycles. The molecule has 0 unspecified atom stereocenters. The predicted octanol–water partition coefficient (Wildman–Crippen LogP) is 7.18. The number of anilines is 1. The minimum absolute atomic E-state index is 0.0499. The maximum Gasteiger partial charge on any atom is 0.232 e. The van der Waals surface area contributed by atoms with Crippen molar-refractivity contribution >= 4 is 11.6 Å². The second-order valence-electron chi connectivity index (χ2n) is 6.76. The largest absolute Gasteiger partial charge is 0.489 e. The number of amides is 1. The van der Waals surface area contributed by atoms with Crippen LogP contribution in [0.5, 0.6) is 5.75 Å². The van der Waals surface area contributed by atoms with E-state index in [1.165, 1.54) is 12.1 Å². The Labute approximate surface area is 185 Å². The quantitative estimate of drug-likeness (QED) is 0.408. The Bertz CT molecular complexity index is 924. The summed E-state index contributed by atoms with van der Waals surface area (Å²) in [6, 6.07) is 23.8. The number of halogens is 1. The molecular formula is C27H32FNO2. The van der Waals surface area contributed by atoms with Gasteiger partial charge in [-0.05, 0) is 47.5 Å². The zero-order valence-electron chi connectivity index (χ0n) is 19.0. The Kier molecular flexibility index (Phi) is 9.26. The first kappa shape index (κ1) is 24.1. The minimum atomic E-state index is -0.309. The van der Waals surface area contributed by atoms with Gasteiger partial charge in [0.25, 0.3) is 0 Å². The van der Waals surface area contributed by atoms with E-state index >= 15 is 0 Å². The summed E-state index contributed by atoms with van der Waals surface area (Å²) in [5.41, 5.74) is 2.87. The highest BCUT2D eigenvalue weighted by Crippen LogP contribution is 2.43. The minimum Gasteiger partial charge on any atom is -0.489 e. The molecule has 1 aliphatic heterocycles. The van der Waals surface area contributed by atoms with Crippen LogP contribution < -0.4 is 9.64 Å². The van der Waals surface area contributed by atoms with Crippen LogP contribution >= 0.6 is 0 Å². The smallest absolute Gasteiger partial charge is 0.232 e. The van der Waals surface area contributed by atoms with Gasteiger partial charge in [-0.3, -0.25) is 4.79 Å². The molecule has 0 N–H and O–H groups in total. The predicted molar refractivity (Wildman–Crippen MR) is 126 cm³/mol. The highest BCUT2D eigenvalue weighted by molar-refractivity contribution is 6.02. The van der Waals surface area contributed by atoms with Crippen molar-refractivity contribution in [2.75, 3.05) is 4.90 Å². The molecule has 1 aliphatic rings. The number of ether oxygens (including phenoxy) is 1. The lowest BCUT2D eigenvalue weighted by Gasteiger charge is -2.46. The van der Waals surface area contributed by atoms with E-state index in [0.29, 0.717) is 12.3 Å². The number of nitrogens with zero attached hydrogens (tertiary/aromatic N) is 1. The van der Waals surface area contributed by atoms with Crippen LogP contribution in [0.25, 0.3) is 0 Å². The van der Waals surface area contributed by atoms with Gasteiger partial charge in [-0.15, -0.1) is 0 Å². The lowest BCUT2D eigenvalue weighted by atomic mass is 9.83.